The van der Waals surface area contributed by atoms with Gasteiger partial charge in [-0.2, -0.15) is 13.2 Å². The predicted octanol–water partition coefficient (Wildman–Crippen LogP) is 6.32. The fourth-order valence-corrected chi connectivity index (χ4v) is 2.67. The predicted molar refractivity (Wildman–Crippen MR) is 109 cm³/mol. The highest BCUT2D eigenvalue weighted by Crippen LogP contribution is 2.30. The first-order chi connectivity index (χ1) is 14.3. The molecular weight excluding hydrogens is 395 g/mol. The average Bonchev–Trinajstić information content (AvgIpc) is 2.72. The monoisotopic (exact) mass is 413 g/mol. The van der Waals surface area contributed by atoms with Crippen molar-refractivity contribution in [3.63, 3.8) is 0 Å². The zero-order valence-corrected chi connectivity index (χ0v) is 15.7. The summed E-state index contributed by atoms with van der Waals surface area (Å²) in [6, 6.07) is 18.2. The van der Waals surface area contributed by atoms with Gasteiger partial charge >= 0.3 is 12.1 Å². The van der Waals surface area contributed by atoms with Gasteiger partial charge in [-0.05, 0) is 48.0 Å². The summed E-state index contributed by atoms with van der Waals surface area (Å²) in [7, 11) is 0. The quantitative estimate of drug-likeness (QED) is 0.476. The van der Waals surface area contributed by atoms with Crippen LogP contribution in [0.4, 0.5) is 18.9 Å². The Morgan fingerprint density at radius 2 is 1.73 bits per heavy atom. The lowest BCUT2D eigenvalue weighted by Crippen LogP contribution is -2.04. The van der Waals surface area contributed by atoms with Crippen molar-refractivity contribution in [2.45, 2.75) is 6.18 Å². The van der Waals surface area contributed by atoms with Crippen LogP contribution in [0.3, 0.4) is 0 Å². The van der Waals surface area contributed by atoms with E-state index in [-0.39, 0.29) is 5.56 Å². The lowest BCUT2D eigenvalue weighted by molar-refractivity contribution is -0.137. The molecule has 0 heterocycles. The van der Waals surface area contributed by atoms with E-state index in [2.05, 4.69) is 5.32 Å². The highest BCUT2D eigenvalue weighted by Gasteiger charge is 2.29. The minimum atomic E-state index is -4.35. The summed E-state index contributed by atoms with van der Waals surface area (Å²) in [5.41, 5.74) is 0.781. The molecule has 0 saturated carbocycles. The molecule has 7 heteroatoms. The number of alkyl halides is 3. The van der Waals surface area contributed by atoms with E-state index in [0.29, 0.717) is 29.3 Å². The van der Waals surface area contributed by atoms with Gasteiger partial charge in [0.15, 0.2) is 5.75 Å². The normalized spacial score (nSPS) is 11.4. The van der Waals surface area contributed by atoms with Gasteiger partial charge in [-0.25, -0.2) is 4.79 Å². The number of ether oxygens (including phenoxy) is 1. The molecule has 2 N–H and O–H groups in total. The first-order valence-electron chi connectivity index (χ1n) is 9.01. The van der Waals surface area contributed by atoms with Crippen LogP contribution < -0.4 is 10.1 Å². The van der Waals surface area contributed by atoms with Crippen LogP contribution in [0.25, 0.3) is 6.08 Å². The van der Waals surface area contributed by atoms with Crippen LogP contribution in [0.1, 0.15) is 21.5 Å². The Balaban J connectivity index is 1.63. The van der Waals surface area contributed by atoms with Crippen molar-refractivity contribution >= 4 is 17.7 Å². The number of anilines is 1. The third-order valence-corrected chi connectivity index (χ3v) is 4.15. The molecule has 0 aromatic heterocycles. The fraction of sp³-hybridized carbons (Fsp3) is 0.0870. The van der Waals surface area contributed by atoms with E-state index in [0.717, 1.165) is 12.1 Å². The first kappa shape index (κ1) is 21.0. The van der Waals surface area contributed by atoms with E-state index in [1.807, 2.05) is 12.1 Å². The minimum Gasteiger partial charge on any atom is -0.478 e. The number of carboxylic acids is 1. The Morgan fingerprint density at radius 3 is 2.43 bits per heavy atom. The summed E-state index contributed by atoms with van der Waals surface area (Å²) in [6.45, 7) is 0.413. The third kappa shape index (κ3) is 5.64. The van der Waals surface area contributed by atoms with Gasteiger partial charge in [0.2, 0.25) is 0 Å². The molecule has 0 fully saturated rings. The van der Waals surface area contributed by atoms with E-state index in [1.165, 1.54) is 24.3 Å². The molecule has 0 spiro atoms. The number of halogens is 3. The summed E-state index contributed by atoms with van der Waals surface area (Å²) >= 11 is 0. The summed E-state index contributed by atoms with van der Waals surface area (Å²) in [4.78, 5) is 11.1. The van der Waals surface area contributed by atoms with Gasteiger partial charge in [0.05, 0.1) is 16.8 Å². The summed E-state index contributed by atoms with van der Waals surface area (Å²) in [6.07, 6.45) is -0.852. The van der Waals surface area contributed by atoms with E-state index < -0.39 is 17.7 Å². The van der Waals surface area contributed by atoms with Crippen LogP contribution in [0.5, 0.6) is 11.5 Å². The number of para-hydroxylation sites is 2. The summed E-state index contributed by atoms with van der Waals surface area (Å²) < 4.78 is 43.6. The smallest absolute Gasteiger partial charge is 0.416 e. The zero-order chi connectivity index (χ0) is 21.6. The summed E-state index contributed by atoms with van der Waals surface area (Å²) in [5, 5.41) is 12.3. The molecule has 0 aliphatic rings. The Bertz CT molecular complexity index is 1040. The van der Waals surface area contributed by atoms with E-state index in [1.54, 1.807) is 36.4 Å². The number of carbonyl (C=O) groups is 1. The number of nitrogens with one attached hydrogen (secondary N) is 1. The Hall–Kier alpha value is -3.74. The van der Waals surface area contributed by atoms with Gasteiger partial charge in [-0.1, -0.05) is 42.5 Å². The maximum absolute atomic E-state index is 12.6. The number of rotatable bonds is 7. The van der Waals surface area contributed by atoms with Crippen LogP contribution in [0, 0.1) is 0 Å². The second kappa shape index (κ2) is 9.17. The van der Waals surface area contributed by atoms with Crippen molar-refractivity contribution in [1.29, 1.82) is 0 Å². The lowest BCUT2D eigenvalue weighted by Gasteiger charge is -2.12. The zero-order valence-electron chi connectivity index (χ0n) is 15.7. The van der Waals surface area contributed by atoms with Crippen molar-refractivity contribution in [3.8, 4) is 11.5 Å². The molecule has 0 aliphatic heterocycles. The number of hydrogen-bond acceptors (Lipinski definition) is 3. The maximum Gasteiger partial charge on any atom is 0.416 e. The molecule has 0 saturated heterocycles. The number of carboxylic acid groups (broad SMARTS) is 1. The van der Waals surface area contributed by atoms with E-state index in [4.69, 9.17) is 9.84 Å². The molecule has 3 rings (SSSR count). The molecule has 0 radical (unpaired) electrons. The highest BCUT2D eigenvalue weighted by molar-refractivity contribution is 5.88. The van der Waals surface area contributed by atoms with Crippen molar-refractivity contribution in [2.75, 3.05) is 11.9 Å². The molecule has 0 aliphatic carbocycles. The lowest BCUT2D eigenvalue weighted by atomic mass is 10.1. The Kier molecular flexibility index (Phi) is 6.41. The van der Waals surface area contributed by atoms with Crippen LogP contribution >= 0.6 is 0 Å². The number of hydrogen-bond donors (Lipinski definition) is 2. The van der Waals surface area contributed by atoms with Crippen LogP contribution in [0.15, 0.2) is 78.9 Å². The average molecular weight is 413 g/mol. The molecule has 3 aromatic rings. The van der Waals surface area contributed by atoms with Gasteiger partial charge in [-0.3, -0.25) is 0 Å². The first-order valence-corrected chi connectivity index (χ1v) is 9.01. The van der Waals surface area contributed by atoms with Gasteiger partial charge < -0.3 is 15.2 Å². The van der Waals surface area contributed by atoms with Gasteiger partial charge in [0.25, 0.3) is 0 Å². The SMILES string of the molecule is O=C(O)c1cccc(Oc2ccccc2NCC=Cc2ccc(C(F)(F)F)cc2)c1. The van der Waals surface area contributed by atoms with Crippen LogP contribution in [0.2, 0.25) is 0 Å². The molecule has 0 unspecified atom stereocenters. The topological polar surface area (TPSA) is 58.6 Å². The number of benzene rings is 3. The van der Waals surface area contributed by atoms with Gasteiger partial charge in [-0.15, -0.1) is 0 Å². The van der Waals surface area contributed by atoms with Crippen molar-refractivity contribution in [3.05, 3.63) is 95.6 Å². The summed E-state index contributed by atoms with van der Waals surface area (Å²) in [5.74, 6) is -0.132. The van der Waals surface area contributed by atoms with Crippen LogP contribution in [-0.2, 0) is 6.18 Å². The maximum atomic E-state index is 12.6. The molecule has 3 aromatic carbocycles. The second-order valence-corrected chi connectivity index (χ2v) is 6.33. The molecule has 0 amide bonds. The fourth-order valence-electron chi connectivity index (χ4n) is 2.67. The van der Waals surface area contributed by atoms with Crippen molar-refractivity contribution < 1.29 is 27.8 Å². The standard InChI is InChI=1S/C23H18F3NO3/c24-23(25,26)18-12-10-16(11-13-18)5-4-14-27-20-8-1-2-9-21(20)30-19-7-3-6-17(15-19)22(28)29/h1-13,15,27H,14H2,(H,28,29). The second-order valence-electron chi connectivity index (χ2n) is 6.33. The van der Waals surface area contributed by atoms with Gasteiger partial charge in [0, 0.05) is 6.54 Å². The molecule has 0 bridgehead atoms. The highest BCUT2D eigenvalue weighted by atomic mass is 19.4. The molecule has 154 valence electrons. The van der Waals surface area contributed by atoms with E-state index in [9.17, 15) is 18.0 Å². The van der Waals surface area contributed by atoms with Crippen molar-refractivity contribution in [1.82, 2.24) is 0 Å². The molecular formula is C23H18F3NO3. The largest absolute Gasteiger partial charge is 0.478 e. The minimum absolute atomic E-state index is 0.123. The number of aromatic carboxylic acids is 1. The van der Waals surface area contributed by atoms with Crippen molar-refractivity contribution in [2.24, 2.45) is 0 Å². The van der Waals surface area contributed by atoms with Gasteiger partial charge in [0.1, 0.15) is 5.75 Å². The van der Waals surface area contributed by atoms with E-state index >= 15 is 0 Å². The molecule has 4 nitrogen and oxygen atoms in total. The third-order valence-electron chi connectivity index (χ3n) is 4.15. The molecule has 30 heavy (non-hydrogen) atoms. The van der Waals surface area contributed by atoms with Crippen LogP contribution in [-0.4, -0.2) is 17.6 Å². The molecule has 0 atom stereocenters. The Morgan fingerprint density at radius 1 is 1.00 bits per heavy atom. The Labute approximate surface area is 171 Å².